The number of ether oxygens (including phenoxy) is 1. The summed E-state index contributed by atoms with van der Waals surface area (Å²) in [5.41, 5.74) is 4.46. The van der Waals surface area contributed by atoms with Crippen LogP contribution in [0.4, 0.5) is 5.69 Å². The maximum Gasteiger partial charge on any atom is 0.0589 e. The lowest BCUT2D eigenvalue weighted by Crippen LogP contribution is -2.47. The van der Waals surface area contributed by atoms with E-state index in [-0.39, 0.29) is 0 Å². The number of fused-ring (bicyclic) bond motifs is 2. The second-order valence-corrected chi connectivity index (χ2v) is 7.07. The molecule has 2 atom stereocenters. The van der Waals surface area contributed by atoms with Crippen LogP contribution >= 0.6 is 0 Å². The standard InChI is InChI=1S/C19H30N2O/c1-5-15-10-16(6-7-19(15)14(2)3)21-13-17-11-18(21)12-20(17)8-9-22-4/h6-7,10,14,17-18H,5,8-9,11-13H2,1-4H3. The Bertz CT molecular complexity index is 514. The summed E-state index contributed by atoms with van der Waals surface area (Å²) in [5.74, 6) is 0.614. The lowest BCUT2D eigenvalue weighted by molar-refractivity contribution is 0.136. The molecule has 2 fully saturated rings. The Labute approximate surface area is 135 Å². The molecule has 0 radical (unpaired) electrons. The van der Waals surface area contributed by atoms with Crippen LogP contribution < -0.4 is 4.90 Å². The van der Waals surface area contributed by atoms with E-state index in [1.54, 1.807) is 7.11 Å². The molecule has 2 heterocycles. The maximum absolute atomic E-state index is 5.23. The number of rotatable bonds is 6. The van der Waals surface area contributed by atoms with Gasteiger partial charge in [0.2, 0.25) is 0 Å². The molecule has 0 aliphatic carbocycles. The van der Waals surface area contributed by atoms with Crippen LogP contribution in [0.5, 0.6) is 0 Å². The molecule has 0 saturated carbocycles. The highest BCUT2D eigenvalue weighted by atomic mass is 16.5. The zero-order chi connectivity index (χ0) is 15.7. The highest BCUT2D eigenvalue weighted by molar-refractivity contribution is 5.54. The molecule has 3 heteroatoms. The van der Waals surface area contributed by atoms with Crippen molar-refractivity contribution in [3.8, 4) is 0 Å². The molecule has 0 aromatic heterocycles. The maximum atomic E-state index is 5.23. The van der Waals surface area contributed by atoms with Gasteiger partial charge in [-0.2, -0.15) is 0 Å². The molecule has 0 spiro atoms. The Kier molecular flexibility index (Phi) is 4.74. The summed E-state index contributed by atoms with van der Waals surface area (Å²) in [6.45, 7) is 11.2. The van der Waals surface area contributed by atoms with Crippen LogP contribution in [0.3, 0.4) is 0 Å². The number of benzene rings is 1. The van der Waals surface area contributed by atoms with Gasteiger partial charge in [0.15, 0.2) is 0 Å². The molecule has 22 heavy (non-hydrogen) atoms. The molecule has 3 rings (SSSR count). The van der Waals surface area contributed by atoms with Crippen LogP contribution in [0, 0.1) is 0 Å². The van der Waals surface area contributed by atoms with Crippen LogP contribution in [-0.2, 0) is 11.2 Å². The zero-order valence-electron chi connectivity index (χ0n) is 14.5. The molecular formula is C19H30N2O. The van der Waals surface area contributed by atoms with Crippen LogP contribution in [0.15, 0.2) is 18.2 Å². The van der Waals surface area contributed by atoms with Gasteiger partial charge < -0.3 is 9.64 Å². The van der Waals surface area contributed by atoms with Crippen molar-refractivity contribution < 1.29 is 4.74 Å². The minimum absolute atomic E-state index is 0.614. The lowest BCUT2D eigenvalue weighted by Gasteiger charge is -2.36. The Morgan fingerprint density at radius 3 is 2.64 bits per heavy atom. The van der Waals surface area contributed by atoms with Crippen molar-refractivity contribution in [1.29, 1.82) is 0 Å². The minimum Gasteiger partial charge on any atom is -0.383 e. The Hall–Kier alpha value is -1.06. The van der Waals surface area contributed by atoms with Gasteiger partial charge in [0.05, 0.1) is 6.61 Å². The number of anilines is 1. The van der Waals surface area contributed by atoms with Crippen LogP contribution in [0.2, 0.25) is 0 Å². The van der Waals surface area contributed by atoms with Crippen molar-refractivity contribution in [3.63, 3.8) is 0 Å². The normalized spacial score (nSPS) is 24.7. The highest BCUT2D eigenvalue weighted by Gasteiger charge is 2.42. The monoisotopic (exact) mass is 302 g/mol. The third-order valence-corrected chi connectivity index (χ3v) is 5.40. The predicted octanol–water partition coefficient (Wildman–Crippen LogP) is 3.28. The highest BCUT2D eigenvalue weighted by Crippen LogP contribution is 2.36. The molecule has 2 bridgehead atoms. The average molecular weight is 302 g/mol. The minimum atomic E-state index is 0.614. The van der Waals surface area contributed by atoms with E-state index in [1.165, 1.54) is 36.3 Å². The fraction of sp³-hybridized carbons (Fsp3) is 0.684. The van der Waals surface area contributed by atoms with Crippen molar-refractivity contribution in [2.45, 2.75) is 51.6 Å². The smallest absolute Gasteiger partial charge is 0.0589 e. The van der Waals surface area contributed by atoms with E-state index in [2.05, 4.69) is 48.8 Å². The first-order valence-corrected chi connectivity index (χ1v) is 8.76. The predicted molar refractivity (Wildman–Crippen MR) is 92.9 cm³/mol. The SMILES string of the molecule is CCc1cc(N2CC3CC2CN3CCOC)ccc1C(C)C. The summed E-state index contributed by atoms with van der Waals surface area (Å²) >= 11 is 0. The third-order valence-electron chi connectivity index (χ3n) is 5.40. The summed E-state index contributed by atoms with van der Waals surface area (Å²) in [4.78, 5) is 5.24. The molecule has 3 nitrogen and oxygen atoms in total. The Morgan fingerprint density at radius 2 is 2.05 bits per heavy atom. The van der Waals surface area contributed by atoms with Crippen molar-refractivity contribution in [2.75, 3.05) is 38.3 Å². The molecule has 0 amide bonds. The van der Waals surface area contributed by atoms with Crippen molar-refractivity contribution in [1.82, 2.24) is 4.90 Å². The number of likely N-dealkylation sites (tertiary alicyclic amines) is 1. The van der Waals surface area contributed by atoms with Crippen molar-refractivity contribution >= 4 is 5.69 Å². The molecule has 2 unspecified atom stereocenters. The lowest BCUT2D eigenvalue weighted by atomic mass is 9.95. The summed E-state index contributed by atoms with van der Waals surface area (Å²) < 4.78 is 5.23. The molecule has 0 N–H and O–H groups in total. The number of piperazine rings is 1. The quantitative estimate of drug-likeness (QED) is 0.802. The molecular weight excluding hydrogens is 272 g/mol. The number of methoxy groups -OCH3 is 1. The van der Waals surface area contributed by atoms with Crippen LogP contribution in [0.25, 0.3) is 0 Å². The van der Waals surface area contributed by atoms with Gasteiger partial charge in [-0.1, -0.05) is 26.8 Å². The summed E-state index contributed by atoms with van der Waals surface area (Å²) in [7, 11) is 1.79. The number of aryl methyl sites for hydroxylation is 1. The number of nitrogens with zero attached hydrogens (tertiary/aromatic N) is 2. The van der Waals surface area contributed by atoms with Crippen LogP contribution in [-0.4, -0.2) is 50.3 Å². The molecule has 122 valence electrons. The van der Waals surface area contributed by atoms with E-state index >= 15 is 0 Å². The number of hydrogen-bond acceptors (Lipinski definition) is 3. The van der Waals surface area contributed by atoms with Gasteiger partial charge in [-0.25, -0.2) is 0 Å². The third kappa shape index (κ3) is 2.89. The second kappa shape index (κ2) is 6.59. The van der Waals surface area contributed by atoms with E-state index in [9.17, 15) is 0 Å². The molecule has 2 saturated heterocycles. The van der Waals surface area contributed by atoms with Gasteiger partial charge in [-0.3, -0.25) is 4.90 Å². The van der Waals surface area contributed by atoms with E-state index in [0.29, 0.717) is 12.0 Å². The Balaban J connectivity index is 1.72. The first-order chi connectivity index (χ1) is 10.6. The van der Waals surface area contributed by atoms with Crippen molar-refractivity contribution in [3.05, 3.63) is 29.3 Å². The first kappa shape index (κ1) is 15.8. The van der Waals surface area contributed by atoms with Gasteiger partial charge in [0, 0.05) is 44.5 Å². The van der Waals surface area contributed by atoms with E-state index in [1.807, 2.05) is 0 Å². The van der Waals surface area contributed by atoms with Crippen molar-refractivity contribution in [2.24, 2.45) is 0 Å². The zero-order valence-corrected chi connectivity index (χ0v) is 14.5. The molecule has 1 aromatic rings. The van der Waals surface area contributed by atoms with E-state index < -0.39 is 0 Å². The van der Waals surface area contributed by atoms with Gasteiger partial charge >= 0.3 is 0 Å². The fourth-order valence-electron chi connectivity index (χ4n) is 4.19. The van der Waals surface area contributed by atoms with E-state index in [4.69, 9.17) is 4.74 Å². The fourth-order valence-corrected chi connectivity index (χ4v) is 4.19. The van der Waals surface area contributed by atoms with Crippen LogP contribution in [0.1, 0.15) is 44.2 Å². The van der Waals surface area contributed by atoms with Gasteiger partial charge in [-0.15, -0.1) is 0 Å². The van der Waals surface area contributed by atoms with Gasteiger partial charge in [0.25, 0.3) is 0 Å². The summed E-state index contributed by atoms with van der Waals surface area (Å²) in [6.07, 6.45) is 2.44. The largest absolute Gasteiger partial charge is 0.383 e. The number of hydrogen-bond donors (Lipinski definition) is 0. The molecule has 2 aliphatic rings. The van der Waals surface area contributed by atoms with Gasteiger partial charge in [0.1, 0.15) is 0 Å². The summed E-state index contributed by atoms with van der Waals surface area (Å²) in [6, 6.07) is 8.55. The second-order valence-electron chi connectivity index (χ2n) is 7.07. The topological polar surface area (TPSA) is 15.7 Å². The average Bonchev–Trinajstić information content (AvgIpc) is 3.12. The van der Waals surface area contributed by atoms with E-state index in [0.717, 1.165) is 25.6 Å². The Morgan fingerprint density at radius 1 is 1.23 bits per heavy atom. The first-order valence-electron chi connectivity index (χ1n) is 8.76. The summed E-state index contributed by atoms with van der Waals surface area (Å²) in [5, 5.41) is 0. The molecule has 2 aliphatic heterocycles. The van der Waals surface area contributed by atoms with Gasteiger partial charge in [-0.05, 0) is 42.0 Å². The molecule has 1 aromatic carbocycles.